The molecule has 0 aliphatic carbocycles. The summed E-state index contributed by atoms with van der Waals surface area (Å²) in [6.45, 7) is 8.27. The monoisotopic (exact) mass is 1360 g/mol. The van der Waals surface area contributed by atoms with Gasteiger partial charge in [0, 0.05) is 129 Å². The highest BCUT2D eigenvalue weighted by molar-refractivity contribution is 6.05. The molecule has 0 bridgehead atoms. The van der Waals surface area contributed by atoms with Gasteiger partial charge in [0.05, 0.1) is 130 Å². The number of aryl methyl sites for hydroxylation is 5. The first-order valence-corrected chi connectivity index (χ1v) is 31.3. The van der Waals surface area contributed by atoms with E-state index in [1.807, 2.05) is 12.1 Å². The van der Waals surface area contributed by atoms with Gasteiger partial charge in [-0.05, 0) is 30.3 Å². The Morgan fingerprint density at radius 3 is 1.32 bits per heavy atom. The number of aromatic nitrogens is 8. The zero-order valence-electron chi connectivity index (χ0n) is 55.3. The number of carbonyl (C=O) groups excluding carboxylic acids is 8. The number of nitrogens with one attached hydrogen (secondary N) is 8. The first kappa shape index (κ1) is 76.4. The fourth-order valence-electron chi connectivity index (χ4n) is 8.64. The standard InChI is InChI=1S/C62H89N17O18/c1-75-18-16-65-56(75)61(86)69-46-39-51(77(3)41-46)74-54(82)11-10-53(81)70-49-43-79(5)58(73-49)62(87)68-45-38-48(76(2)40-45)59(84)66-15-13-55(83)71-50-42-78(4)57(72-50)60(85)67-14-12-52(80)64-17-19-88-20-21-89-22-23-90-24-25-91-26-27-92-28-29-93-30-31-94-32-33-95-34-35-96-36-37-97-47-8-6-44(63)7-9-47/h6-9,16,18,38-43H,10-15,17,19-37,63H2,1-5H3,(H,64,80)(H,66,84)(H,67,85)(H,68,87)(H,69,86)(H,70,81)(H,71,83)(H,74,82). The van der Waals surface area contributed by atoms with Crippen LogP contribution in [-0.4, -0.2) is 230 Å². The summed E-state index contributed by atoms with van der Waals surface area (Å²) in [4.78, 5) is 115. The third-order valence-corrected chi connectivity index (χ3v) is 13.5. The van der Waals surface area contributed by atoms with Crippen LogP contribution in [0.15, 0.2) is 73.6 Å². The predicted octanol–water partition coefficient (Wildman–Crippen LogP) is 1.23. The van der Waals surface area contributed by atoms with Crippen molar-refractivity contribution in [3.05, 3.63) is 96.7 Å². The van der Waals surface area contributed by atoms with Crippen LogP contribution in [0.25, 0.3) is 0 Å². The van der Waals surface area contributed by atoms with E-state index >= 15 is 0 Å². The van der Waals surface area contributed by atoms with Crippen molar-refractivity contribution in [2.24, 2.45) is 35.2 Å². The highest BCUT2D eigenvalue weighted by Gasteiger charge is 2.21. The maximum absolute atomic E-state index is 13.3. The molecule has 0 unspecified atom stereocenters. The molecule has 97 heavy (non-hydrogen) atoms. The summed E-state index contributed by atoms with van der Waals surface area (Å²) in [5.41, 5.74) is 7.21. The molecule has 6 rings (SSSR count). The van der Waals surface area contributed by atoms with E-state index < -0.39 is 41.4 Å². The smallest absolute Gasteiger partial charge is 0.291 e. The largest absolute Gasteiger partial charge is 0.491 e. The normalized spacial score (nSPS) is 11.1. The number of carbonyl (C=O) groups is 8. The van der Waals surface area contributed by atoms with E-state index in [9.17, 15) is 38.4 Å². The quantitative estimate of drug-likeness (QED) is 0.0192. The highest BCUT2D eigenvalue weighted by Crippen LogP contribution is 2.20. The van der Waals surface area contributed by atoms with E-state index in [0.29, 0.717) is 136 Å². The number of amides is 8. The molecule has 35 nitrogen and oxygen atoms in total. The number of benzene rings is 1. The second-order valence-electron chi connectivity index (χ2n) is 21.3. The maximum atomic E-state index is 13.3. The van der Waals surface area contributed by atoms with Gasteiger partial charge in [0.2, 0.25) is 35.3 Å². The van der Waals surface area contributed by atoms with Gasteiger partial charge in [-0.1, -0.05) is 0 Å². The Balaban J connectivity index is 0.698. The number of nitrogens with two attached hydrogens (primary N) is 1. The maximum Gasteiger partial charge on any atom is 0.291 e. The van der Waals surface area contributed by atoms with Crippen LogP contribution in [0, 0.1) is 0 Å². The van der Waals surface area contributed by atoms with E-state index in [4.69, 9.17) is 53.1 Å². The third kappa shape index (κ3) is 29.1. The number of imidazole rings is 3. The minimum absolute atomic E-state index is 0.00196. The first-order valence-electron chi connectivity index (χ1n) is 31.3. The van der Waals surface area contributed by atoms with E-state index in [-0.39, 0.29) is 98.3 Å². The van der Waals surface area contributed by atoms with Crippen LogP contribution in [-0.2, 0) is 97.0 Å². The van der Waals surface area contributed by atoms with Crippen molar-refractivity contribution in [2.75, 3.05) is 177 Å². The van der Waals surface area contributed by atoms with Crippen molar-refractivity contribution in [3.8, 4) is 5.75 Å². The Bertz CT molecular complexity index is 3430. The van der Waals surface area contributed by atoms with Crippen molar-refractivity contribution in [1.82, 2.24) is 53.7 Å². The van der Waals surface area contributed by atoms with E-state index in [1.165, 1.54) is 44.6 Å². The third-order valence-electron chi connectivity index (χ3n) is 13.5. The van der Waals surface area contributed by atoms with Gasteiger partial charge in [0.25, 0.3) is 23.6 Å². The van der Waals surface area contributed by atoms with Crippen LogP contribution in [0.5, 0.6) is 5.75 Å². The minimum atomic E-state index is -0.645. The molecular weight excluding hydrogens is 1270 g/mol. The van der Waals surface area contributed by atoms with Gasteiger partial charge in [-0.3, -0.25) is 38.4 Å². The van der Waals surface area contributed by atoms with E-state index in [1.54, 1.807) is 75.0 Å². The summed E-state index contributed by atoms with van der Waals surface area (Å²) in [5.74, 6) is -2.50. The lowest BCUT2D eigenvalue weighted by Gasteiger charge is -2.09. The number of hydrogen-bond acceptors (Lipinski definition) is 22. The van der Waals surface area contributed by atoms with Crippen molar-refractivity contribution >= 4 is 81.8 Å². The molecule has 530 valence electrons. The molecule has 0 atom stereocenters. The molecule has 0 aliphatic heterocycles. The molecule has 5 aromatic heterocycles. The summed E-state index contributed by atoms with van der Waals surface area (Å²) in [5, 5.41) is 21.3. The Morgan fingerprint density at radius 2 is 0.814 bits per heavy atom. The fraction of sp³-hybridized carbons (Fsp3) is 0.500. The molecule has 10 N–H and O–H groups in total. The average molecular weight is 1360 g/mol. The highest BCUT2D eigenvalue weighted by atomic mass is 16.6. The predicted molar refractivity (Wildman–Crippen MR) is 352 cm³/mol. The molecule has 0 spiro atoms. The second-order valence-corrected chi connectivity index (χ2v) is 21.3. The van der Waals surface area contributed by atoms with Crippen LogP contribution < -0.4 is 53.0 Å². The summed E-state index contributed by atoms with van der Waals surface area (Å²) >= 11 is 0. The molecule has 0 saturated heterocycles. The molecule has 5 heterocycles. The van der Waals surface area contributed by atoms with E-state index in [2.05, 4.69) is 57.5 Å². The van der Waals surface area contributed by atoms with Gasteiger partial charge in [-0.2, -0.15) is 0 Å². The van der Waals surface area contributed by atoms with Crippen molar-refractivity contribution in [3.63, 3.8) is 0 Å². The number of rotatable bonds is 49. The lowest BCUT2D eigenvalue weighted by atomic mass is 10.3. The first-order chi connectivity index (χ1) is 46.9. The molecular formula is C62H89N17O18. The topological polar surface area (TPSA) is 414 Å². The van der Waals surface area contributed by atoms with Crippen LogP contribution in [0.3, 0.4) is 0 Å². The van der Waals surface area contributed by atoms with Crippen LogP contribution >= 0.6 is 0 Å². The Hall–Kier alpha value is -9.59. The van der Waals surface area contributed by atoms with Crippen LogP contribution in [0.2, 0.25) is 0 Å². The van der Waals surface area contributed by atoms with E-state index in [0.717, 1.165) is 5.75 Å². The zero-order chi connectivity index (χ0) is 69.6. The molecule has 6 aromatic rings. The molecule has 0 aliphatic rings. The molecule has 35 heteroatoms. The average Bonchev–Trinajstić information content (AvgIpc) is 1.73. The van der Waals surface area contributed by atoms with Crippen LogP contribution in [0.4, 0.5) is 34.5 Å². The zero-order valence-corrected chi connectivity index (χ0v) is 55.3. The van der Waals surface area contributed by atoms with Gasteiger partial charge >= 0.3 is 0 Å². The summed E-state index contributed by atoms with van der Waals surface area (Å²) < 4.78 is 62.6. The molecule has 1 aromatic carbocycles. The molecule has 8 amide bonds. The molecule has 0 saturated carbocycles. The lowest BCUT2D eigenvalue weighted by molar-refractivity contribution is -0.121. The SMILES string of the molecule is Cn1cc(NC(=O)c2nccn2C)cc1NC(=O)CCC(=O)Nc1cn(C)c(C(=O)Nc2cc(C(=O)NCCC(=O)Nc3cn(C)c(C(=O)NCCC(=O)NCCOCCOCCOCCOCCOCCOCCOCCOCCOCCOc4ccc(N)cc4)n3)n(C)c2)n1. The molecule has 0 radical (unpaired) electrons. The lowest BCUT2D eigenvalue weighted by Crippen LogP contribution is -2.33. The number of nitrogens with zero attached hydrogens (tertiary/aromatic N) is 8. The number of nitrogen functional groups attached to an aromatic ring is 1. The van der Waals surface area contributed by atoms with Crippen molar-refractivity contribution in [1.29, 1.82) is 0 Å². The number of hydrogen-bond donors (Lipinski definition) is 9. The van der Waals surface area contributed by atoms with Crippen molar-refractivity contribution in [2.45, 2.75) is 25.7 Å². The van der Waals surface area contributed by atoms with Crippen molar-refractivity contribution < 1.29 is 85.7 Å². The number of ether oxygens (including phenoxy) is 10. The van der Waals surface area contributed by atoms with Gasteiger partial charge < -0.3 is 118 Å². The Labute approximate surface area is 560 Å². The Kier molecular flexibility index (Phi) is 33.7. The summed E-state index contributed by atoms with van der Waals surface area (Å²) in [6.07, 6.45) is 8.61. The van der Waals surface area contributed by atoms with Gasteiger partial charge in [-0.15, -0.1) is 0 Å². The fourth-order valence-corrected chi connectivity index (χ4v) is 8.64. The van der Waals surface area contributed by atoms with Gasteiger partial charge in [0.15, 0.2) is 17.5 Å². The summed E-state index contributed by atoms with van der Waals surface area (Å²) in [6, 6.07) is 10.2. The molecule has 0 fully saturated rings. The Morgan fingerprint density at radius 1 is 0.392 bits per heavy atom. The van der Waals surface area contributed by atoms with Crippen LogP contribution in [0.1, 0.15) is 68.0 Å². The van der Waals surface area contributed by atoms with Gasteiger partial charge in [-0.25, -0.2) is 15.0 Å². The summed E-state index contributed by atoms with van der Waals surface area (Å²) in [7, 11) is 8.08. The number of anilines is 6. The second kappa shape index (κ2) is 42.8. The van der Waals surface area contributed by atoms with Gasteiger partial charge in [0.1, 0.15) is 23.9 Å². The minimum Gasteiger partial charge on any atom is -0.491 e.